The fraction of sp³-hybridized carbons (Fsp3) is 0.931. The molecule has 9 heteroatoms. The Balaban J connectivity index is 3.97. The molecule has 0 saturated carbocycles. The molecule has 0 heterocycles. The van der Waals surface area contributed by atoms with Gasteiger partial charge in [0.1, 0.15) is 13.2 Å². The number of unbranched alkanes of at least 4 members (excludes halogenated alkanes) is 51. The van der Waals surface area contributed by atoms with E-state index in [1.807, 2.05) is 21.1 Å². The first kappa shape index (κ1) is 80.0. The number of aliphatic hydroxyl groups excluding tert-OH is 1. The number of allylic oxidation sites excluding steroid dienone is 4. The molecule has 3 atom stereocenters. The van der Waals surface area contributed by atoms with E-state index in [1.54, 1.807) is 0 Å². The number of nitrogens with zero attached hydrogens (tertiary/aromatic N) is 1. The zero-order valence-electron chi connectivity index (χ0n) is 55.3. The quantitative estimate of drug-likeness (QED) is 0.0243. The van der Waals surface area contributed by atoms with E-state index in [1.165, 1.54) is 308 Å². The van der Waals surface area contributed by atoms with Crippen molar-refractivity contribution in [2.45, 2.75) is 392 Å². The Kier molecular flexibility index (Phi) is 62.7. The lowest BCUT2D eigenvalue weighted by molar-refractivity contribution is -0.870. The van der Waals surface area contributed by atoms with Gasteiger partial charge in [-0.1, -0.05) is 353 Å². The summed E-state index contributed by atoms with van der Waals surface area (Å²) in [6.07, 6.45) is 82.9. The molecule has 0 rings (SSSR count). The minimum Gasteiger partial charge on any atom is -0.391 e. The van der Waals surface area contributed by atoms with Gasteiger partial charge in [0, 0.05) is 6.42 Å². The van der Waals surface area contributed by atoms with Gasteiger partial charge in [0.15, 0.2) is 0 Å². The van der Waals surface area contributed by atoms with Gasteiger partial charge in [0.05, 0.1) is 39.9 Å². The van der Waals surface area contributed by atoms with Crippen molar-refractivity contribution in [1.82, 2.24) is 5.32 Å². The van der Waals surface area contributed by atoms with Crippen molar-refractivity contribution in [3.8, 4) is 0 Å². The molecule has 0 aliphatic carbocycles. The molecule has 482 valence electrons. The molecule has 0 bridgehead atoms. The van der Waals surface area contributed by atoms with Gasteiger partial charge < -0.3 is 19.8 Å². The van der Waals surface area contributed by atoms with Crippen LogP contribution in [0.4, 0.5) is 0 Å². The molecule has 8 nitrogen and oxygen atoms in total. The number of carbonyl (C=O) groups excluding carboxylic acids is 1. The van der Waals surface area contributed by atoms with Crippen LogP contribution in [-0.2, 0) is 18.4 Å². The van der Waals surface area contributed by atoms with E-state index < -0.39 is 20.0 Å². The summed E-state index contributed by atoms with van der Waals surface area (Å²) in [7, 11) is 1.64. The second kappa shape index (κ2) is 63.5. The number of aliphatic hydroxyl groups is 1. The van der Waals surface area contributed by atoms with Gasteiger partial charge in [-0.25, -0.2) is 4.57 Å². The van der Waals surface area contributed by atoms with E-state index in [2.05, 4.69) is 43.5 Å². The zero-order chi connectivity index (χ0) is 59.1. The van der Waals surface area contributed by atoms with Gasteiger partial charge in [-0.15, -0.1) is 0 Å². The van der Waals surface area contributed by atoms with Gasteiger partial charge >= 0.3 is 7.82 Å². The van der Waals surface area contributed by atoms with Crippen molar-refractivity contribution in [3.63, 3.8) is 0 Å². The number of amides is 1. The Morgan fingerprint density at radius 3 is 1.01 bits per heavy atom. The summed E-state index contributed by atoms with van der Waals surface area (Å²) in [4.78, 5) is 23.5. The number of rotatable bonds is 68. The summed E-state index contributed by atoms with van der Waals surface area (Å²) in [6, 6.07) is -0.760. The average Bonchev–Trinajstić information content (AvgIpc) is 3.43. The largest absolute Gasteiger partial charge is 0.472 e. The van der Waals surface area contributed by atoms with Crippen LogP contribution in [0.15, 0.2) is 24.3 Å². The average molecular weight is 1160 g/mol. The number of nitrogens with one attached hydrogen (secondary N) is 1. The van der Waals surface area contributed by atoms with Crippen molar-refractivity contribution in [1.29, 1.82) is 0 Å². The molecule has 1 amide bonds. The summed E-state index contributed by atoms with van der Waals surface area (Å²) in [6.45, 7) is 4.95. The molecule has 3 unspecified atom stereocenters. The van der Waals surface area contributed by atoms with E-state index in [0.29, 0.717) is 23.9 Å². The third kappa shape index (κ3) is 66.4. The van der Waals surface area contributed by atoms with Crippen LogP contribution < -0.4 is 5.32 Å². The maximum absolute atomic E-state index is 13.1. The number of carbonyl (C=O) groups is 1. The maximum Gasteiger partial charge on any atom is 0.472 e. The summed E-state index contributed by atoms with van der Waals surface area (Å²) in [5, 5.41) is 14.2. The van der Waals surface area contributed by atoms with Crippen LogP contribution in [0, 0.1) is 0 Å². The molecule has 0 aromatic carbocycles. The predicted molar refractivity (Wildman–Crippen MR) is 355 cm³/mol. The number of hydrogen-bond acceptors (Lipinski definition) is 5. The van der Waals surface area contributed by atoms with Crippen LogP contribution in [0.5, 0.6) is 0 Å². The second-order valence-electron chi connectivity index (χ2n) is 26.3. The Morgan fingerprint density at radius 1 is 0.420 bits per heavy atom. The van der Waals surface area contributed by atoms with E-state index in [4.69, 9.17) is 9.05 Å². The van der Waals surface area contributed by atoms with Crippen LogP contribution in [0.3, 0.4) is 0 Å². The summed E-state index contributed by atoms with van der Waals surface area (Å²) in [5.41, 5.74) is 0. The van der Waals surface area contributed by atoms with E-state index >= 15 is 0 Å². The maximum atomic E-state index is 13.1. The first-order valence-electron chi connectivity index (χ1n) is 36.2. The number of quaternary nitrogens is 1. The monoisotopic (exact) mass is 1160 g/mol. The topological polar surface area (TPSA) is 105 Å². The standard InChI is InChI=1S/C72H143N2O6P/c1-6-8-10-12-14-16-18-20-22-24-26-28-30-32-33-34-35-36-37-38-39-40-41-42-44-46-48-50-52-54-56-58-60-62-64-66-72(76)73-70(69-80-81(77,78)79-68-67-74(3,4)5)71(75)65-63-61-59-57-55-53-51-49-47-45-43-31-29-27-25-23-21-19-17-15-13-11-9-7-2/h30,32,34-35,70-71,75H,6-29,31,33,36-69H2,1-5H3,(H-,73,76,77,78)/p+1/b32-30-,35-34-. The number of phosphoric acid groups is 1. The van der Waals surface area contributed by atoms with Crippen LogP contribution in [0.2, 0.25) is 0 Å². The lowest BCUT2D eigenvalue weighted by Crippen LogP contribution is -2.46. The summed E-state index contributed by atoms with van der Waals surface area (Å²) in [5.74, 6) is -0.136. The van der Waals surface area contributed by atoms with E-state index in [0.717, 1.165) is 44.9 Å². The van der Waals surface area contributed by atoms with Crippen molar-refractivity contribution in [2.75, 3.05) is 40.9 Å². The van der Waals surface area contributed by atoms with Crippen molar-refractivity contribution in [3.05, 3.63) is 24.3 Å². The third-order valence-corrected chi connectivity index (χ3v) is 17.9. The highest BCUT2D eigenvalue weighted by atomic mass is 31.2. The minimum atomic E-state index is -4.33. The molecular weight excluding hydrogens is 1020 g/mol. The molecule has 0 saturated heterocycles. The van der Waals surface area contributed by atoms with Crippen molar-refractivity contribution < 1.29 is 32.9 Å². The second-order valence-corrected chi connectivity index (χ2v) is 27.8. The van der Waals surface area contributed by atoms with Crippen LogP contribution >= 0.6 is 7.82 Å². The van der Waals surface area contributed by atoms with Crippen LogP contribution in [0.25, 0.3) is 0 Å². The normalized spacial score (nSPS) is 13.7. The molecule has 0 aromatic rings. The van der Waals surface area contributed by atoms with Crippen LogP contribution in [0.1, 0.15) is 380 Å². The highest BCUT2D eigenvalue weighted by molar-refractivity contribution is 7.47. The lowest BCUT2D eigenvalue weighted by atomic mass is 10.0. The van der Waals surface area contributed by atoms with Gasteiger partial charge in [-0.05, 0) is 44.9 Å². The molecule has 81 heavy (non-hydrogen) atoms. The highest BCUT2D eigenvalue weighted by Crippen LogP contribution is 2.43. The van der Waals surface area contributed by atoms with Gasteiger partial charge in [0.2, 0.25) is 5.91 Å². The third-order valence-electron chi connectivity index (χ3n) is 17.0. The fourth-order valence-corrected chi connectivity index (χ4v) is 12.1. The fourth-order valence-electron chi connectivity index (χ4n) is 11.3. The molecule has 0 radical (unpaired) electrons. The molecule has 0 fully saturated rings. The van der Waals surface area contributed by atoms with Crippen molar-refractivity contribution in [2.24, 2.45) is 0 Å². The molecular formula is C72H144N2O6P+. The number of phosphoric ester groups is 1. The Bertz CT molecular complexity index is 1370. The van der Waals surface area contributed by atoms with Gasteiger partial charge in [-0.3, -0.25) is 13.8 Å². The van der Waals surface area contributed by atoms with E-state index in [-0.39, 0.29) is 19.1 Å². The lowest BCUT2D eigenvalue weighted by Gasteiger charge is -2.26. The Labute approximate surface area is 506 Å². The molecule has 0 aliphatic heterocycles. The Hall–Kier alpha value is -1.02. The van der Waals surface area contributed by atoms with Crippen molar-refractivity contribution >= 4 is 13.7 Å². The van der Waals surface area contributed by atoms with Gasteiger partial charge in [-0.2, -0.15) is 0 Å². The summed E-state index contributed by atoms with van der Waals surface area (Å²) >= 11 is 0. The smallest absolute Gasteiger partial charge is 0.391 e. The SMILES string of the molecule is CCCCCCCCCCCCC/C=C\C/C=C\CCCCCCCCCCCCCCCCCCCC(=O)NC(COP(=O)(O)OCC[N+](C)(C)C)C(O)CCCCCCCCCCCCCCCCCCCCCCCCCC. The molecule has 3 N–H and O–H groups in total. The van der Waals surface area contributed by atoms with Gasteiger partial charge in [0.25, 0.3) is 0 Å². The minimum absolute atomic E-state index is 0.0773. The highest BCUT2D eigenvalue weighted by Gasteiger charge is 2.28. The molecule has 0 aliphatic rings. The number of hydrogen-bond donors (Lipinski definition) is 3. The molecule has 0 spiro atoms. The first-order chi connectivity index (χ1) is 39.5. The first-order valence-corrected chi connectivity index (χ1v) is 37.7. The van der Waals surface area contributed by atoms with Crippen LogP contribution in [-0.4, -0.2) is 73.4 Å². The zero-order valence-corrected chi connectivity index (χ0v) is 56.2. The summed E-state index contributed by atoms with van der Waals surface area (Å²) < 4.78 is 23.9. The van der Waals surface area contributed by atoms with E-state index in [9.17, 15) is 19.4 Å². The molecule has 0 aromatic heterocycles. The predicted octanol–water partition coefficient (Wildman–Crippen LogP) is 23.1. The number of likely N-dealkylation sites (N-methyl/N-ethyl adjacent to an activating group) is 1. The Morgan fingerprint density at radius 2 is 0.704 bits per heavy atom.